The maximum atomic E-state index is 10.9. The molecule has 0 unspecified atom stereocenters. The molecule has 5 heteroatoms. The molecule has 19 heavy (non-hydrogen) atoms. The number of nitrogens with two attached hydrogens (primary N) is 1. The molecule has 0 fully saturated rings. The van der Waals surface area contributed by atoms with Gasteiger partial charge in [-0.1, -0.05) is 39.0 Å². The van der Waals surface area contributed by atoms with Gasteiger partial charge in [-0.15, -0.1) is 0 Å². The van der Waals surface area contributed by atoms with Gasteiger partial charge in [-0.25, -0.2) is 9.78 Å². The van der Waals surface area contributed by atoms with E-state index in [-0.39, 0.29) is 17.1 Å². The first-order valence-corrected chi connectivity index (χ1v) is 6.77. The zero-order valence-corrected chi connectivity index (χ0v) is 11.4. The number of aromatic nitrogens is 1. The Labute approximate surface area is 113 Å². The summed E-state index contributed by atoms with van der Waals surface area (Å²) >= 11 is 0. The van der Waals surface area contributed by atoms with Gasteiger partial charge < -0.3 is 15.6 Å². The Bertz CT molecular complexity index is 408. The third kappa shape index (κ3) is 5.16. The number of pyridine rings is 1. The molecule has 0 aromatic carbocycles. The van der Waals surface area contributed by atoms with Crippen molar-refractivity contribution in [3.05, 3.63) is 17.8 Å². The molecule has 0 aliphatic heterocycles. The highest BCUT2D eigenvalue weighted by atomic mass is 16.5. The lowest BCUT2D eigenvalue weighted by molar-refractivity contribution is 0.0697. The first-order valence-electron chi connectivity index (χ1n) is 6.77. The van der Waals surface area contributed by atoms with Crippen molar-refractivity contribution < 1.29 is 14.6 Å². The fourth-order valence-corrected chi connectivity index (χ4v) is 1.81. The lowest BCUT2D eigenvalue weighted by Gasteiger charge is -2.09. The number of anilines is 1. The number of nitrogens with zero attached hydrogens (tertiary/aromatic N) is 1. The van der Waals surface area contributed by atoms with Crippen molar-refractivity contribution in [2.24, 2.45) is 0 Å². The minimum absolute atomic E-state index is 0.0351. The summed E-state index contributed by atoms with van der Waals surface area (Å²) in [6.07, 6.45) is 8.41. The number of aromatic carboxylic acids is 1. The average Bonchev–Trinajstić information content (AvgIpc) is 2.39. The van der Waals surface area contributed by atoms with Crippen molar-refractivity contribution in [1.29, 1.82) is 0 Å². The standard InChI is InChI=1S/C14H22N2O3/c1-2-3-4-5-6-7-10-19-13-12(15)11(14(17)18)8-9-16-13/h8-9H,2-7,10,15H2,1H3,(H,17,18). The number of rotatable bonds is 9. The van der Waals surface area contributed by atoms with Gasteiger partial charge in [0.25, 0.3) is 0 Å². The summed E-state index contributed by atoms with van der Waals surface area (Å²) < 4.78 is 5.43. The molecule has 0 aliphatic carbocycles. The molecule has 0 bridgehead atoms. The van der Waals surface area contributed by atoms with Crippen LogP contribution in [-0.4, -0.2) is 22.7 Å². The Morgan fingerprint density at radius 1 is 1.32 bits per heavy atom. The van der Waals surface area contributed by atoms with E-state index < -0.39 is 5.97 Å². The van der Waals surface area contributed by atoms with Crippen molar-refractivity contribution in [2.45, 2.75) is 45.4 Å². The molecule has 106 valence electrons. The van der Waals surface area contributed by atoms with Gasteiger partial charge in [0, 0.05) is 6.20 Å². The highest BCUT2D eigenvalue weighted by Crippen LogP contribution is 2.22. The molecule has 1 rings (SSSR count). The van der Waals surface area contributed by atoms with Crippen LogP contribution >= 0.6 is 0 Å². The molecule has 0 radical (unpaired) electrons. The Hall–Kier alpha value is -1.78. The first-order chi connectivity index (χ1) is 9.16. The second-order valence-corrected chi connectivity index (χ2v) is 4.50. The van der Waals surface area contributed by atoms with Crippen LogP contribution in [0.2, 0.25) is 0 Å². The van der Waals surface area contributed by atoms with Gasteiger partial charge >= 0.3 is 5.97 Å². The lowest BCUT2D eigenvalue weighted by atomic mass is 10.1. The molecular formula is C14H22N2O3. The van der Waals surface area contributed by atoms with Gasteiger partial charge in [-0.05, 0) is 12.5 Å². The Morgan fingerprint density at radius 2 is 2.00 bits per heavy atom. The number of carboxylic acid groups (broad SMARTS) is 1. The van der Waals surface area contributed by atoms with E-state index in [0.717, 1.165) is 12.8 Å². The lowest BCUT2D eigenvalue weighted by Crippen LogP contribution is -2.07. The molecule has 3 N–H and O–H groups in total. The van der Waals surface area contributed by atoms with Crippen molar-refractivity contribution in [3.8, 4) is 5.88 Å². The minimum Gasteiger partial charge on any atom is -0.478 e. The molecule has 0 saturated carbocycles. The van der Waals surface area contributed by atoms with E-state index in [2.05, 4.69) is 11.9 Å². The number of hydrogen-bond acceptors (Lipinski definition) is 4. The van der Waals surface area contributed by atoms with Gasteiger partial charge in [0.15, 0.2) is 0 Å². The molecule has 0 aliphatic rings. The smallest absolute Gasteiger partial charge is 0.338 e. The van der Waals surface area contributed by atoms with Gasteiger partial charge in [-0.3, -0.25) is 0 Å². The molecule has 0 amide bonds. The minimum atomic E-state index is -1.07. The topological polar surface area (TPSA) is 85.4 Å². The number of nitrogen functional groups attached to an aromatic ring is 1. The Kier molecular flexibility index (Phi) is 6.71. The molecule has 1 aromatic heterocycles. The third-order valence-corrected chi connectivity index (χ3v) is 2.92. The number of carbonyl (C=O) groups is 1. The van der Waals surface area contributed by atoms with E-state index >= 15 is 0 Å². The van der Waals surface area contributed by atoms with E-state index in [0.29, 0.717) is 6.61 Å². The van der Waals surface area contributed by atoms with Crippen LogP contribution in [0.15, 0.2) is 12.3 Å². The zero-order chi connectivity index (χ0) is 14.1. The van der Waals surface area contributed by atoms with Crippen molar-refractivity contribution in [1.82, 2.24) is 4.98 Å². The van der Waals surface area contributed by atoms with Crippen molar-refractivity contribution in [2.75, 3.05) is 12.3 Å². The summed E-state index contributed by atoms with van der Waals surface area (Å²) in [5.74, 6) is -0.849. The number of ether oxygens (including phenoxy) is 1. The molecule has 0 atom stereocenters. The van der Waals surface area contributed by atoms with Crippen LogP contribution in [-0.2, 0) is 0 Å². The predicted octanol–water partition coefficient (Wildman–Crippen LogP) is 3.10. The Morgan fingerprint density at radius 3 is 2.68 bits per heavy atom. The molecule has 0 spiro atoms. The van der Waals surface area contributed by atoms with E-state index in [9.17, 15) is 4.79 Å². The van der Waals surface area contributed by atoms with Crippen LogP contribution in [0.4, 0.5) is 5.69 Å². The zero-order valence-electron chi connectivity index (χ0n) is 11.4. The van der Waals surface area contributed by atoms with Crippen LogP contribution < -0.4 is 10.5 Å². The first kappa shape index (κ1) is 15.3. The van der Waals surface area contributed by atoms with Gasteiger partial charge in [0.2, 0.25) is 5.88 Å². The monoisotopic (exact) mass is 266 g/mol. The maximum Gasteiger partial charge on any atom is 0.338 e. The summed E-state index contributed by atoms with van der Waals surface area (Å²) in [7, 11) is 0. The van der Waals surface area contributed by atoms with Crippen LogP contribution in [0.25, 0.3) is 0 Å². The highest BCUT2D eigenvalue weighted by Gasteiger charge is 2.12. The fraction of sp³-hybridized carbons (Fsp3) is 0.571. The molecule has 1 aromatic rings. The molecular weight excluding hydrogens is 244 g/mol. The van der Waals surface area contributed by atoms with Gasteiger partial charge in [-0.2, -0.15) is 0 Å². The predicted molar refractivity (Wildman–Crippen MR) is 74.5 cm³/mol. The Balaban J connectivity index is 2.33. The second kappa shape index (κ2) is 8.34. The SMILES string of the molecule is CCCCCCCCOc1nccc(C(=O)O)c1N. The summed E-state index contributed by atoms with van der Waals surface area (Å²) in [5.41, 5.74) is 5.83. The molecule has 0 saturated heterocycles. The highest BCUT2D eigenvalue weighted by molar-refractivity contribution is 5.94. The van der Waals surface area contributed by atoms with E-state index in [1.807, 2.05) is 0 Å². The van der Waals surface area contributed by atoms with E-state index in [1.54, 1.807) is 0 Å². The fourth-order valence-electron chi connectivity index (χ4n) is 1.81. The van der Waals surface area contributed by atoms with Gasteiger partial charge in [0.1, 0.15) is 5.69 Å². The van der Waals surface area contributed by atoms with E-state index in [1.165, 1.54) is 37.9 Å². The molecule has 1 heterocycles. The van der Waals surface area contributed by atoms with Crippen LogP contribution in [0.1, 0.15) is 55.8 Å². The average molecular weight is 266 g/mol. The summed E-state index contributed by atoms with van der Waals surface area (Å²) in [4.78, 5) is 14.8. The quantitative estimate of drug-likeness (QED) is 0.671. The summed E-state index contributed by atoms with van der Waals surface area (Å²) in [6.45, 7) is 2.71. The number of unbranched alkanes of at least 4 members (excludes halogenated alkanes) is 5. The number of carboxylic acids is 1. The van der Waals surface area contributed by atoms with Crippen molar-refractivity contribution in [3.63, 3.8) is 0 Å². The second-order valence-electron chi connectivity index (χ2n) is 4.50. The summed E-state index contributed by atoms with van der Waals surface area (Å²) in [6, 6.07) is 1.37. The van der Waals surface area contributed by atoms with Gasteiger partial charge in [0.05, 0.1) is 12.2 Å². The van der Waals surface area contributed by atoms with Crippen molar-refractivity contribution >= 4 is 11.7 Å². The maximum absolute atomic E-state index is 10.9. The third-order valence-electron chi connectivity index (χ3n) is 2.92. The van der Waals surface area contributed by atoms with E-state index in [4.69, 9.17) is 15.6 Å². The van der Waals surface area contributed by atoms with Crippen LogP contribution in [0.5, 0.6) is 5.88 Å². The molecule has 5 nitrogen and oxygen atoms in total. The van der Waals surface area contributed by atoms with Crippen LogP contribution in [0, 0.1) is 0 Å². The normalized spacial score (nSPS) is 10.4. The summed E-state index contributed by atoms with van der Waals surface area (Å²) in [5, 5.41) is 8.92. The number of hydrogen-bond donors (Lipinski definition) is 2. The largest absolute Gasteiger partial charge is 0.478 e. The van der Waals surface area contributed by atoms with Crippen LogP contribution in [0.3, 0.4) is 0 Å².